The first-order valence-electron chi connectivity index (χ1n) is 10.6. The third-order valence-corrected chi connectivity index (χ3v) is 6.76. The second-order valence-electron chi connectivity index (χ2n) is 7.65. The Morgan fingerprint density at radius 3 is 2.28 bits per heavy atom. The fourth-order valence-corrected chi connectivity index (χ4v) is 4.70. The summed E-state index contributed by atoms with van der Waals surface area (Å²) in [5, 5.41) is 8.02. The first-order chi connectivity index (χ1) is 17.4. The fraction of sp³-hybridized carbons (Fsp3) is 0. The minimum atomic E-state index is -0.674. The molecule has 4 aromatic rings. The van der Waals surface area contributed by atoms with E-state index in [4.69, 9.17) is 23.2 Å². The van der Waals surface area contributed by atoms with E-state index >= 15 is 0 Å². The average Bonchev–Trinajstić information content (AvgIpc) is 3.44. The minimum Gasteiger partial charge on any atom is -0.350 e. The van der Waals surface area contributed by atoms with Crippen LogP contribution in [0.1, 0.15) is 10.4 Å². The highest BCUT2D eigenvalue weighted by Gasteiger charge is 2.39. The molecule has 1 aliphatic heterocycles. The van der Waals surface area contributed by atoms with E-state index in [-0.39, 0.29) is 27.3 Å². The van der Waals surface area contributed by atoms with Crippen molar-refractivity contribution < 1.29 is 14.4 Å². The van der Waals surface area contributed by atoms with Gasteiger partial charge in [0.1, 0.15) is 10.7 Å². The summed E-state index contributed by atoms with van der Waals surface area (Å²) in [5.41, 5.74) is 2.78. The summed E-state index contributed by atoms with van der Waals surface area (Å²) in [7, 11) is 0. The Bertz CT molecular complexity index is 1520. The maximum Gasteiger partial charge on any atom is 0.283 e. The molecule has 178 valence electrons. The topological polar surface area (TPSA) is 91.4 Å². The van der Waals surface area contributed by atoms with E-state index in [1.54, 1.807) is 48.5 Å². The molecule has 0 aliphatic carbocycles. The molecule has 10 heteroatoms. The van der Waals surface area contributed by atoms with Gasteiger partial charge in [0.05, 0.1) is 16.4 Å². The van der Waals surface area contributed by atoms with Crippen LogP contribution < -0.4 is 15.5 Å². The summed E-state index contributed by atoms with van der Waals surface area (Å²) in [6.45, 7) is 0. The summed E-state index contributed by atoms with van der Waals surface area (Å²) in [4.78, 5) is 43.6. The number of benzene rings is 3. The molecule has 0 spiro atoms. The Balaban J connectivity index is 1.27. The second-order valence-corrected chi connectivity index (χ2v) is 9.29. The molecule has 5 rings (SSSR count). The zero-order valence-corrected chi connectivity index (χ0v) is 20.7. The second kappa shape index (κ2) is 9.94. The van der Waals surface area contributed by atoms with Gasteiger partial charge in [-0.1, -0.05) is 65.7 Å². The lowest BCUT2D eigenvalue weighted by molar-refractivity contribution is -0.120. The van der Waals surface area contributed by atoms with Crippen molar-refractivity contribution in [2.75, 3.05) is 15.5 Å². The normalized spacial score (nSPS) is 13.3. The van der Waals surface area contributed by atoms with Gasteiger partial charge in [-0.3, -0.25) is 19.7 Å². The number of hydrogen-bond acceptors (Lipinski definition) is 6. The monoisotopic (exact) mass is 534 g/mol. The maximum atomic E-state index is 12.9. The van der Waals surface area contributed by atoms with Crippen LogP contribution in [0.2, 0.25) is 5.02 Å². The lowest BCUT2D eigenvalue weighted by atomic mass is 10.2. The number of rotatable bonds is 6. The van der Waals surface area contributed by atoms with Crippen LogP contribution in [-0.2, 0) is 9.59 Å². The number of nitrogens with one attached hydrogen (secondary N) is 2. The van der Waals surface area contributed by atoms with Gasteiger partial charge in [0.2, 0.25) is 0 Å². The van der Waals surface area contributed by atoms with E-state index in [1.807, 2.05) is 35.7 Å². The number of thiazole rings is 1. The number of amides is 3. The van der Waals surface area contributed by atoms with Gasteiger partial charge in [-0.2, -0.15) is 0 Å². The van der Waals surface area contributed by atoms with Crippen LogP contribution in [0.25, 0.3) is 11.3 Å². The van der Waals surface area contributed by atoms with E-state index < -0.39 is 11.8 Å². The lowest BCUT2D eigenvalue weighted by Gasteiger charge is -2.16. The Kier molecular flexibility index (Phi) is 6.56. The van der Waals surface area contributed by atoms with Crippen molar-refractivity contribution in [3.05, 3.63) is 106 Å². The van der Waals surface area contributed by atoms with E-state index in [1.165, 1.54) is 11.3 Å². The number of carbonyl (C=O) groups excluding carboxylic acids is 3. The van der Waals surface area contributed by atoms with Crippen molar-refractivity contribution in [3.63, 3.8) is 0 Å². The van der Waals surface area contributed by atoms with Crippen LogP contribution in [0.5, 0.6) is 0 Å². The van der Waals surface area contributed by atoms with Crippen molar-refractivity contribution >= 4 is 68.8 Å². The Morgan fingerprint density at radius 1 is 0.861 bits per heavy atom. The molecule has 2 heterocycles. The first-order valence-corrected chi connectivity index (χ1v) is 12.3. The molecule has 0 saturated heterocycles. The van der Waals surface area contributed by atoms with E-state index in [0.717, 1.165) is 16.2 Å². The molecular formula is C26H16Cl2N4O3S. The predicted molar refractivity (Wildman–Crippen MR) is 142 cm³/mol. The smallest absolute Gasteiger partial charge is 0.283 e. The first kappa shape index (κ1) is 23.7. The van der Waals surface area contributed by atoms with Gasteiger partial charge in [-0.25, -0.2) is 9.88 Å². The quantitative estimate of drug-likeness (QED) is 0.289. The SMILES string of the molecule is O=C(Nc1nc(-c2ccccc2)cs1)c1ccc(NC2=C(Cl)C(=O)N(c3ccccc3Cl)C2=O)cc1. The van der Waals surface area contributed by atoms with Crippen molar-refractivity contribution in [2.45, 2.75) is 0 Å². The van der Waals surface area contributed by atoms with Crippen LogP contribution >= 0.6 is 34.5 Å². The van der Waals surface area contributed by atoms with Crippen LogP contribution in [0.15, 0.2) is 95.0 Å². The summed E-state index contributed by atoms with van der Waals surface area (Å²) in [6, 6.07) is 22.6. The van der Waals surface area contributed by atoms with Crippen molar-refractivity contribution in [3.8, 4) is 11.3 Å². The summed E-state index contributed by atoms with van der Waals surface area (Å²) >= 11 is 13.7. The number of carbonyl (C=O) groups is 3. The average molecular weight is 535 g/mol. The Morgan fingerprint density at radius 2 is 1.56 bits per heavy atom. The summed E-state index contributed by atoms with van der Waals surface area (Å²) in [5.74, 6) is -1.63. The molecule has 0 saturated carbocycles. The number of para-hydroxylation sites is 1. The van der Waals surface area contributed by atoms with Gasteiger partial charge in [0.15, 0.2) is 5.13 Å². The molecule has 0 atom stereocenters. The number of aromatic nitrogens is 1. The molecular weight excluding hydrogens is 519 g/mol. The molecule has 0 fully saturated rings. The fourth-order valence-electron chi connectivity index (χ4n) is 3.55. The minimum absolute atomic E-state index is 0.0741. The Labute approximate surface area is 220 Å². The number of halogens is 2. The third kappa shape index (κ3) is 4.61. The molecule has 0 unspecified atom stereocenters. The van der Waals surface area contributed by atoms with Gasteiger partial charge in [0.25, 0.3) is 17.7 Å². The maximum absolute atomic E-state index is 12.9. The molecule has 3 aromatic carbocycles. The molecule has 0 bridgehead atoms. The summed E-state index contributed by atoms with van der Waals surface area (Å²) in [6.07, 6.45) is 0. The predicted octanol–water partition coefficient (Wildman–Crippen LogP) is 6.15. The number of imide groups is 1. The molecule has 36 heavy (non-hydrogen) atoms. The standard InChI is InChI=1S/C26H16Cl2N4O3S/c27-18-8-4-5-9-20(18)32-24(34)21(28)22(25(32)35)29-17-12-10-16(11-13-17)23(33)31-26-30-19(14-36-26)15-6-2-1-3-7-15/h1-14,29H,(H,30,31,33). The van der Waals surface area contributed by atoms with Crippen LogP contribution in [-0.4, -0.2) is 22.7 Å². The van der Waals surface area contributed by atoms with Gasteiger partial charge in [-0.05, 0) is 36.4 Å². The zero-order valence-electron chi connectivity index (χ0n) is 18.4. The molecule has 1 aromatic heterocycles. The highest BCUT2D eigenvalue weighted by molar-refractivity contribution is 7.14. The van der Waals surface area contributed by atoms with Crippen LogP contribution in [0, 0.1) is 0 Å². The van der Waals surface area contributed by atoms with Crippen molar-refractivity contribution in [1.29, 1.82) is 0 Å². The zero-order chi connectivity index (χ0) is 25.2. The number of hydrogen-bond donors (Lipinski definition) is 2. The van der Waals surface area contributed by atoms with Gasteiger partial charge in [0, 0.05) is 22.2 Å². The summed E-state index contributed by atoms with van der Waals surface area (Å²) < 4.78 is 0. The van der Waals surface area contributed by atoms with E-state index in [9.17, 15) is 14.4 Å². The highest BCUT2D eigenvalue weighted by atomic mass is 35.5. The molecule has 3 amide bonds. The van der Waals surface area contributed by atoms with Crippen LogP contribution in [0.4, 0.5) is 16.5 Å². The van der Waals surface area contributed by atoms with Gasteiger partial charge >= 0.3 is 0 Å². The largest absolute Gasteiger partial charge is 0.350 e. The van der Waals surface area contributed by atoms with E-state index in [2.05, 4.69) is 15.6 Å². The number of nitrogens with zero attached hydrogens (tertiary/aromatic N) is 2. The van der Waals surface area contributed by atoms with Crippen molar-refractivity contribution in [2.24, 2.45) is 0 Å². The van der Waals surface area contributed by atoms with Gasteiger partial charge in [-0.15, -0.1) is 11.3 Å². The molecule has 2 N–H and O–H groups in total. The Hall–Kier alpha value is -3.98. The molecule has 7 nitrogen and oxygen atoms in total. The number of anilines is 3. The van der Waals surface area contributed by atoms with Crippen molar-refractivity contribution in [1.82, 2.24) is 4.98 Å². The lowest BCUT2D eigenvalue weighted by Crippen LogP contribution is -2.32. The van der Waals surface area contributed by atoms with Gasteiger partial charge < -0.3 is 5.32 Å². The molecule has 0 radical (unpaired) electrons. The molecule has 1 aliphatic rings. The highest BCUT2D eigenvalue weighted by Crippen LogP contribution is 2.34. The third-order valence-electron chi connectivity index (χ3n) is 5.33. The van der Waals surface area contributed by atoms with Crippen LogP contribution in [0.3, 0.4) is 0 Å². The van der Waals surface area contributed by atoms with E-state index in [0.29, 0.717) is 16.4 Å².